The van der Waals surface area contributed by atoms with Crippen LogP contribution >= 0.6 is 12.6 Å². The minimum Gasteiger partial charge on any atom is -0.450 e. The van der Waals surface area contributed by atoms with E-state index in [9.17, 15) is 4.79 Å². The molecule has 3 nitrogen and oxygen atoms in total. The molecule has 0 aliphatic heterocycles. The highest BCUT2D eigenvalue weighted by molar-refractivity contribution is 7.80. The van der Waals surface area contributed by atoms with Gasteiger partial charge in [-0.3, -0.25) is 0 Å². The van der Waals surface area contributed by atoms with Crippen LogP contribution in [0, 0.1) is 0 Å². The number of hydrogen-bond acceptors (Lipinski definition) is 3. The Kier molecular flexibility index (Phi) is 7.46. The molecule has 0 aromatic rings. The molecule has 0 aliphatic rings. The minimum absolute atomic E-state index is 0.446. The molecule has 2 N–H and O–H groups in total. The fraction of sp³-hybridized carbons (Fsp3) is 0.857. The van der Waals surface area contributed by atoms with Crippen molar-refractivity contribution in [1.29, 1.82) is 0 Å². The number of rotatable bonds is 6. The molecule has 0 radical (unpaired) electrons. The summed E-state index contributed by atoms with van der Waals surface area (Å²) in [7, 11) is 0. The Hall–Kier alpha value is -0.380. The number of nitrogens with two attached hydrogens (primary N) is 1. The Balaban J connectivity index is 2.85. The van der Waals surface area contributed by atoms with Crippen molar-refractivity contribution in [2.24, 2.45) is 5.73 Å². The maximum absolute atomic E-state index is 10.1. The van der Waals surface area contributed by atoms with E-state index >= 15 is 0 Å². The molecule has 0 fully saturated rings. The third-order valence-corrected chi connectivity index (χ3v) is 1.61. The molecule has 0 bridgehead atoms. The molecule has 0 heterocycles. The van der Waals surface area contributed by atoms with Crippen LogP contribution in [0.15, 0.2) is 0 Å². The summed E-state index contributed by atoms with van der Waals surface area (Å²) in [6.07, 6.45) is 3.56. The quantitative estimate of drug-likeness (QED) is 0.478. The van der Waals surface area contributed by atoms with E-state index in [0.29, 0.717) is 6.61 Å². The van der Waals surface area contributed by atoms with Crippen molar-refractivity contribution in [2.45, 2.75) is 25.7 Å². The highest BCUT2D eigenvalue weighted by atomic mass is 32.1. The summed E-state index contributed by atoms with van der Waals surface area (Å²) in [5.41, 5.74) is 4.76. The average molecular weight is 177 g/mol. The van der Waals surface area contributed by atoms with Crippen molar-refractivity contribution < 1.29 is 9.53 Å². The number of carbonyl (C=O) groups excluding carboxylic acids is 1. The fourth-order valence-corrected chi connectivity index (χ4v) is 0.964. The lowest BCUT2D eigenvalue weighted by molar-refractivity contribution is 0.154. The third kappa shape index (κ3) is 9.62. The van der Waals surface area contributed by atoms with Crippen LogP contribution in [-0.4, -0.2) is 18.5 Å². The molecular formula is C7H15NO2S. The lowest BCUT2D eigenvalue weighted by Crippen LogP contribution is -2.13. The van der Waals surface area contributed by atoms with Gasteiger partial charge in [-0.05, 0) is 18.6 Å². The topological polar surface area (TPSA) is 52.3 Å². The van der Waals surface area contributed by atoms with E-state index in [1.165, 1.54) is 0 Å². The zero-order valence-electron chi connectivity index (χ0n) is 6.58. The van der Waals surface area contributed by atoms with Gasteiger partial charge in [0.05, 0.1) is 6.61 Å². The Morgan fingerprint density at radius 2 is 1.91 bits per heavy atom. The van der Waals surface area contributed by atoms with Gasteiger partial charge in [0.2, 0.25) is 0 Å². The van der Waals surface area contributed by atoms with Crippen LogP contribution < -0.4 is 5.73 Å². The summed E-state index contributed by atoms with van der Waals surface area (Å²) >= 11 is 4.07. The maximum Gasteiger partial charge on any atom is 0.404 e. The molecular weight excluding hydrogens is 162 g/mol. The average Bonchev–Trinajstić information content (AvgIpc) is 1.96. The van der Waals surface area contributed by atoms with E-state index in [1.807, 2.05) is 0 Å². The zero-order valence-corrected chi connectivity index (χ0v) is 7.48. The number of primary amides is 1. The molecule has 0 spiro atoms. The first-order valence-corrected chi connectivity index (χ1v) is 4.43. The lowest BCUT2D eigenvalue weighted by atomic mass is 10.2. The summed E-state index contributed by atoms with van der Waals surface area (Å²) < 4.78 is 4.54. The zero-order chi connectivity index (χ0) is 8.53. The van der Waals surface area contributed by atoms with Crippen LogP contribution in [0.25, 0.3) is 0 Å². The standard InChI is InChI=1S/C7H15NO2S/c8-7(9)10-5-3-1-2-4-6-11/h11H,1-6H2,(H2,8,9). The first-order chi connectivity index (χ1) is 5.27. The number of ether oxygens (including phenoxy) is 1. The molecule has 0 aromatic carbocycles. The number of amides is 1. The molecule has 0 aliphatic carbocycles. The lowest BCUT2D eigenvalue weighted by Gasteiger charge is -1.99. The van der Waals surface area contributed by atoms with Gasteiger partial charge in [0.1, 0.15) is 0 Å². The van der Waals surface area contributed by atoms with Gasteiger partial charge in [-0.15, -0.1) is 0 Å². The molecule has 0 saturated heterocycles. The van der Waals surface area contributed by atoms with E-state index in [4.69, 9.17) is 5.73 Å². The van der Waals surface area contributed by atoms with Crippen LogP contribution in [0.5, 0.6) is 0 Å². The smallest absolute Gasteiger partial charge is 0.404 e. The predicted molar refractivity (Wildman–Crippen MR) is 47.9 cm³/mol. The molecule has 0 rings (SSSR count). The molecule has 1 amide bonds. The van der Waals surface area contributed by atoms with Crippen LogP contribution in [0.3, 0.4) is 0 Å². The van der Waals surface area contributed by atoms with Gasteiger partial charge in [-0.25, -0.2) is 4.79 Å². The summed E-state index contributed by atoms with van der Waals surface area (Å²) in [5, 5.41) is 0. The second kappa shape index (κ2) is 7.72. The monoisotopic (exact) mass is 177 g/mol. The predicted octanol–water partition coefficient (Wildman–Crippen LogP) is 1.57. The Labute approximate surface area is 72.7 Å². The summed E-state index contributed by atoms with van der Waals surface area (Å²) in [4.78, 5) is 10.1. The van der Waals surface area contributed by atoms with Crippen molar-refractivity contribution in [3.63, 3.8) is 0 Å². The van der Waals surface area contributed by atoms with Gasteiger partial charge in [0, 0.05) is 0 Å². The van der Waals surface area contributed by atoms with Gasteiger partial charge >= 0.3 is 6.09 Å². The largest absolute Gasteiger partial charge is 0.450 e. The summed E-state index contributed by atoms with van der Waals surface area (Å²) in [6, 6.07) is 0. The highest BCUT2D eigenvalue weighted by Crippen LogP contribution is 2.00. The van der Waals surface area contributed by atoms with Crippen molar-refractivity contribution in [3.05, 3.63) is 0 Å². The van der Waals surface area contributed by atoms with Crippen molar-refractivity contribution in [1.82, 2.24) is 0 Å². The summed E-state index contributed by atoms with van der Waals surface area (Å²) in [5.74, 6) is 0.927. The number of thiol groups is 1. The number of carbonyl (C=O) groups is 1. The molecule has 4 heteroatoms. The first-order valence-electron chi connectivity index (χ1n) is 3.80. The van der Waals surface area contributed by atoms with Crippen LogP contribution in [-0.2, 0) is 4.74 Å². The molecule has 0 saturated carbocycles. The van der Waals surface area contributed by atoms with Crippen molar-refractivity contribution in [3.8, 4) is 0 Å². The van der Waals surface area contributed by atoms with Gasteiger partial charge in [-0.2, -0.15) is 12.6 Å². The van der Waals surface area contributed by atoms with Crippen LogP contribution in [0.4, 0.5) is 4.79 Å². The second-order valence-corrected chi connectivity index (χ2v) is 2.75. The fourth-order valence-electron chi connectivity index (χ4n) is 0.740. The summed E-state index contributed by atoms with van der Waals surface area (Å²) in [6.45, 7) is 0.446. The van der Waals surface area contributed by atoms with Gasteiger partial charge in [0.25, 0.3) is 0 Å². The molecule has 0 unspecified atom stereocenters. The number of unbranched alkanes of at least 4 members (excludes halogenated alkanes) is 3. The van der Waals surface area contributed by atoms with E-state index in [-0.39, 0.29) is 0 Å². The molecule has 11 heavy (non-hydrogen) atoms. The minimum atomic E-state index is -0.681. The SMILES string of the molecule is NC(=O)OCCCCCCS. The van der Waals surface area contributed by atoms with E-state index in [2.05, 4.69) is 17.4 Å². The Bertz CT molecular complexity index is 109. The molecule has 0 aromatic heterocycles. The molecule has 66 valence electrons. The van der Waals surface area contributed by atoms with Gasteiger partial charge < -0.3 is 10.5 Å². The maximum atomic E-state index is 10.1. The van der Waals surface area contributed by atoms with Crippen molar-refractivity contribution in [2.75, 3.05) is 12.4 Å². The Morgan fingerprint density at radius 3 is 2.45 bits per heavy atom. The van der Waals surface area contributed by atoms with Crippen molar-refractivity contribution >= 4 is 18.7 Å². The Morgan fingerprint density at radius 1 is 1.27 bits per heavy atom. The van der Waals surface area contributed by atoms with Crippen LogP contribution in [0.2, 0.25) is 0 Å². The second-order valence-electron chi connectivity index (χ2n) is 2.31. The third-order valence-electron chi connectivity index (χ3n) is 1.30. The van der Waals surface area contributed by atoms with E-state index < -0.39 is 6.09 Å². The highest BCUT2D eigenvalue weighted by Gasteiger charge is 1.92. The van der Waals surface area contributed by atoms with Crippen LogP contribution in [0.1, 0.15) is 25.7 Å². The normalized spacial score (nSPS) is 9.55. The number of hydrogen-bond donors (Lipinski definition) is 2. The van der Waals surface area contributed by atoms with E-state index in [0.717, 1.165) is 31.4 Å². The van der Waals surface area contributed by atoms with Gasteiger partial charge in [-0.1, -0.05) is 12.8 Å². The molecule has 0 atom stereocenters. The first kappa shape index (κ1) is 10.6. The van der Waals surface area contributed by atoms with Gasteiger partial charge in [0.15, 0.2) is 0 Å². The van der Waals surface area contributed by atoms with E-state index in [1.54, 1.807) is 0 Å².